The van der Waals surface area contributed by atoms with Crippen LogP contribution in [0.2, 0.25) is 0 Å². The van der Waals surface area contributed by atoms with E-state index < -0.39 is 40.2 Å². The molecule has 0 aliphatic carbocycles. The molecular formula is C22H28F3N5O4S. The number of likely N-dealkylation sites (N-methyl/N-ethyl adjacent to an activating group) is 1. The number of hydrogen-bond acceptors (Lipinski definition) is 6. The van der Waals surface area contributed by atoms with Gasteiger partial charge < -0.3 is 25.1 Å². The first kappa shape index (κ1) is 27.9. The third-order valence-electron chi connectivity index (χ3n) is 4.73. The Balaban J connectivity index is 2.18. The van der Waals surface area contributed by atoms with E-state index in [4.69, 9.17) is 4.42 Å². The van der Waals surface area contributed by atoms with Crippen molar-refractivity contribution in [3.8, 4) is 0 Å². The number of rotatable bonds is 8. The molecule has 0 saturated carbocycles. The summed E-state index contributed by atoms with van der Waals surface area (Å²) in [4.78, 5) is 13.3. The summed E-state index contributed by atoms with van der Waals surface area (Å²) < 4.78 is 65.9. The van der Waals surface area contributed by atoms with Crippen molar-refractivity contribution in [1.82, 2.24) is 15.5 Å². The summed E-state index contributed by atoms with van der Waals surface area (Å²) in [6.07, 6.45) is -0.661. The van der Waals surface area contributed by atoms with Crippen molar-refractivity contribution < 1.29 is 31.7 Å². The highest BCUT2D eigenvalue weighted by molar-refractivity contribution is 7.83. The van der Waals surface area contributed by atoms with E-state index >= 15 is 0 Å². The van der Waals surface area contributed by atoms with Crippen LogP contribution in [-0.2, 0) is 22.5 Å². The molecule has 2 rings (SSSR count). The van der Waals surface area contributed by atoms with Gasteiger partial charge in [0.25, 0.3) is 17.1 Å². The molecule has 1 aliphatic heterocycles. The Kier molecular flexibility index (Phi) is 9.46. The van der Waals surface area contributed by atoms with Gasteiger partial charge in [-0.05, 0) is 29.7 Å². The molecule has 35 heavy (non-hydrogen) atoms. The van der Waals surface area contributed by atoms with Crippen molar-refractivity contribution in [3.63, 3.8) is 0 Å². The van der Waals surface area contributed by atoms with E-state index in [1.54, 1.807) is 6.26 Å². The highest BCUT2D eigenvalue weighted by atomic mass is 32.2. The topological polar surface area (TPSA) is 120 Å². The first-order chi connectivity index (χ1) is 16.3. The number of aliphatic hydroxyl groups excluding tert-OH is 1. The second kappa shape index (κ2) is 11.9. The molecule has 0 fully saturated rings. The van der Waals surface area contributed by atoms with E-state index in [9.17, 15) is 27.3 Å². The van der Waals surface area contributed by atoms with Crippen LogP contribution in [0, 0.1) is 0 Å². The number of amides is 1. The van der Waals surface area contributed by atoms with Gasteiger partial charge >= 0.3 is 6.18 Å². The highest BCUT2D eigenvalue weighted by Gasteiger charge is 2.40. The average Bonchev–Trinajstić information content (AvgIpc) is 3.39. The predicted molar refractivity (Wildman–Crippen MR) is 128 cm³/mol. The molecule has 0 spiro atoms. The maximum Gasteiger partial charge on any atom is 0.417 e. The molecule has 0 radical (unpaired) electrons. The van der Waals surface area contributed by atoms with Crippen LogP contribution in [0.3, 0.4) is 0 Å². The third kappa shape index (κ3) is 7.57. The molecule has 1 aromatic heterocycles. The van der Waals surface area contributed by atoms with E-state index in [1.165, 1.54) is 21.0 Å². The summed E-state index contributed by atoms with van der Waals surface area (Å²) >= 11 is -1.90. The maximum absolute atomic E-state index is 13.7. The molecule has 1 amide bonds. The molecule has 1 aromatic rings. The number of nitrogens with zero attached hydrogens (tertiary/aromatic N) is 3. The molecule has 13 heteroatoms. The Hall–Kier alpha value is -3.35. The Morgan fingerprint density at radius 1 is 1.29 bits per heavy atom. The quantitative estimate of drug-likeness (QED) is 0.275. The fourth-order valence-corrected chi connectivity index (χ4v) is 3.47. The predicted octanol–water partition coefficient (Wildman–Crippen LogP) is 3.78. The van der Waals surface area contributed by atoms with E-state index in [0.29, 0.717) is 11.8 Å². The van der Waals surface area contributed by atoms with Gasteiger partial charge in [0.05, 0.1) is 24.0 Å². The van der Waals surface area contributed by atoms with Gasteiger partial charge in [0.1, 0.15) is 11.5 Å². The van der Waals surface area contributed by atoms with Crippen LogP contribution in [0.4, 0.5) is 13.2 Å². The molecule has 192 valence electrons. The van der Waals surface area contributed by atoms with Crippen molar-refractivity contribution in [1.29, 1.82) is 0 Å². The molecule has 1 unspecified atom stereocenters. The number of carbonyl (C=O) groups excluding carboxylic acids is 1. The normalized spacial score (nSPS) is 17.4. The van der Waals surface area contributed by atoms with E-state index in [-0.39, 0.29) is 30.6 Å². The molecule has 2 heterocycles. The lowest BCUT2D eigenvalue weighted by molar-refractivity contribution is -0.127. The van der Waals surface area contributed by atoms with Crippen molar-refractivity contribution in [2.45, 2.75) is 45.8 Å². The molecule has 1 aliphatic rings. The van der Waals surface area contributed by atoms with Gasteiger partial charge in [-0.3, -0.25) is 4.79 Å². The van der Waals surface area contributed by atoms with Crippen LogP contribution in [0.1, 0.15) is 44.4 Å². The van der Waals surface area contributed by atoms with E-state index in [0.717, 1.165) is 22.7 Å². The smallest absolute Gasteiger partial charge is 0.417 e. The van der Waals surface area contributed by atoms with E-state index in [2.05, 4.69) is 19.4 Å². The summed E-state index contributed by atoms with van der Waals surface area (Å²) in [5.41, 5.74) is -1.13. The molecule has 0 saturated heterocycles. The lowest BCUT2D eigenvalue weighted by Crippen LogP contribution is -2.35. The van der Waals surface area contributed by atoms with Crippen LogP contribution in [0.15, 0.2) is 60.8 Å². The van der Waals surface area contributed by atoms with Gasteiger partial charge in [-0.1, -0.05) is 20.8 Å². The first-order valence-electron chi connectivity index (χ1n) is 10.6. The number of halogens is 3. The lowest BCUT2D eigenvalue weighted by Gasteiger charge is -2.19. The van der Waals surface area contributed by atoms with Gasteiger partial charge in [-0.15, -0.1) is 8.80 Å². The van der Waals surface area contributed by atoms with Gasteiger partial charge in [0, 0.05) is 26.7 Å². The van der Waals surface area contributed by atoms with Crippen LogP contribution in [0.5, 0.6) is 0 Å². The standard InChI is InChI=1S/C22H28F3N5O4S/c1-6-17(31)18(21(32)30(4)5)16(22(23,24)25)8-7-9-26-19-20(29-35(33)28-19)27-11-15-10-14(12-34-15)13(2)3/h7-10,12-13,31H,6,11H2,1-5H3,(H,26,28)(H,27,29)/b9-7+,16-8+,18-17-. The number of nitrogens with one attached hydrogen (secondary N) is 2. The monoisotopic (exact) mass is 515 g/mol. The van der Waals surface area contributed by atoms with Crippen LogP contribution < -0.4 is 10.6 Å². The molecule has 1 atom stereocenters. The molecule has 9 nitrogen and oxygen atoms in total. The molecular weight excluding hydrogens is 487 g/mol. The number of furan rings is 1. The Morgan fingerprint density at radius 2 is 1.94 bits per heavy atom. The zero-order valence-electron chi connectivity index (χ0n) is 19.9. The largest absolute Gasteiger partial charge is 0.511 e. The minimum absolute atomic E-state index is 0.0497. The minimum Gasteiger partial charge on any atom is -0.511 e. The van der Waals surface area contributed by atoms with Gasteiger partial charge in [-0.25, -0.2) is 4.21 Å². The fraction of sp³-hybridized carbons (Fsp3) is 0.409. The summed E-state index contributed by atoms with van der Waals surface area (Å²) in [5.74, 6) is -0.577. The SMILES string of the molecule is CC\C(O)=C(C(=O)N(C)C)/C(=C\C=C\NC1=NS(=O)N=C1NCc1cc(C(C)C)co1)C(F)(F)F. The number of aliphatic hydroxyl groups is 1. The summed E-state index contributed by atoms with van der Waals surface area (Å²) in [5, 5.41) is 15.6. The second-order valence-electron chi connectivity index (χ2n) is 7.92. The number of amidine groups is 2. The Morgan fingerprint density at radius 3 is 2.49 bits per heavy atom. The third-order valence-corrected chi connectivity index (χ3v) is 5.41. The van der Waals surface area contributed by atoms with E-state index in [1.807, 2.05) is 19.9 Å². The van der Waals surface area contributed by atoms with Crippen LogP contribution >= 0.6 is 0 Å². The summed E-state index contributed by atoms with van der Waals surface area (Å²) in [6.45, 7) is 5.69. The van der Waals surface area contributed by atoms with Gasteiger partial charge in [0.15, 0.2) is 11.7 Å². The second-order valence-corrected chi connectivity index (χ2v) is 8.75. The van der Waals surface area contributed by atoms with Crippen molar-refractivity contribution in [3.05, 3.63) is 58.9 Å². The van der Waals surface area contributed by atoms with Crippen molar-refractivity contribution in [2.24, 2.45) is 8.80 Å². The number of hydrogen-bond donors (Lipinski definition) is 3. The fourth-order valence-electron chi connectivity index (χ4n) is 2.82. The van der Waals surface area contributed by atoms with Crippen molar-refractivity contribution in [2.75, 3.05) is 14.1 Å². The molecule has 0 bridgehead atoms. The number of allylic oxidation sites excluding steroid dienone is 3. The maximum atomic E-state index is 13.7. The van der Waals surface area contributed by atoms with Crippen LogP contribution in [0.25, 0.3) is 0 Å². The lowest BCUT2D eigenvalue weighted by atomic mass is 10.0. The van der Waals surface area contributed by atoms with Gasteiger partial charge in [0.2, 0.25) is 0 Å². The zero-order chi connectivity index (χ0) is 26.3. The first-order valence-corrected chi connectivity index (χ1v) is 11.7. The summed E-state index contributed by atoms with van der Waals surface area (Å²) in [7, 11) is 2.57. The zero-order valence-corrected chi connectivity index (χ0v) is 20.8. The molecule has 0 aromatic carbocycles. The summed E-state index contributed by atoms with van der Waals surface area (Å²) in [6, 6.07) is 1.86. The molecule has 3 N–H and O–H groups in total. The number of carbonyl (C=O) groups is 1. The Labute approximate surface area is 203 Å². The number of alkyl halides is 3. The average molecular weight is 516 g/mol. The van der Waals surface area contributed by atoms with Gasteiger partial charge in [-0.2, -0.15) is 13.2 Å². The Bertz CT molecular complexity index is 1110. The van der Waals surface area contributed by atoms with Crippen molar-refractivity contribution >= 4 is 28.8 Å². The van der Waals surface area contributed by atoms with Crippen LogP contribution in [-0.4, -0.2) is 52.1 Å². The highest BCUT2D eigenvalue weighted by Crippen LogP contribution is 2.34. The minimum atomic E-state index is -4.91.